The van der Waals surface area contributed by atoms with Crippen molar-refractivity contribution in [3.05, 3.63) is 46.4 Å². The standard InChI is InChI=1S/C19H19N5O2S3/c1-12(25)24(15-7-8-15)18-22-23-19(29-18)28-11-14-10-27-17(21-14)9-16(26)20-13-5-3-2-4-6-13/h2-6,10,15H,7-9,11H2,1H3,(H,20,26). The number of rotatable bonds is 8. The van der Waals surface area contributed by atoms with Gasteiger partial charge in [0.2, 0.25) is 16.9 Å². The third kappa shape index (κ3) is 5.40. The molecule has 2 aromatic heterocycles. The first-order valence-corrected chi connectivity index (χ1v) is 11.8. The molecule has 0 saturated heterocycles. The van der Waals surface area contributed by atoms with E-state index in [4.69, 9.17) is 0 Å². The molecule has 4 rings (SSSR count). The number of anilines is 2. The van der Waals surface area contributed by atoms with Crippen LogP contribution in [0, 0.1) is 0 Å². The molecule has 2 heterocycles. The summed E-state index contributed by atoms with van der Waals surface area (Å²) in [5.74, 6) is 0.579. The van der Waals surface area contributed by atoms with Crippen molar-refractivity contribution in [3.8, 4) is 0 Å². The van der Waals surface area contributed by atoms with Crippen molar-refractivity contribution in [3.63, 3.8) is 0 Å². The van der Waals surface area contributed by atoms with Gasteiger partial charge in [-0.3, -0.25) is 14.5 Å². The molecule has 0 bridgehead atoms. The molecule has 0 radical (unpaired) electrons. The van der Waals surface area contributed by atoms with Gasteiger partial charge in [-0.05, 0) is 25.0 Å². The average molecular weight is 446 g/mol. The number of hydrogen-bond acceptors (Lipinski definition) is 8. The van der Waals surface area contributed by atoms with Crippen LogP contribution in [0.5, 0.6) is 0 Å². The number of thioether (sulfide) groups is 1. The summed E-state index contributed by atoms with van der Waals surface area (Å²) in [5, 5.41) is 14.7. The minimum atomic E-state index is -0.0806. The van der Waals surface area contributed by atoms with Gasteiger partial charge < -0.3 is 5.32 Å². The monoisotopic (exact) mass is 445 g/mol. The van der Waals surface area contributed by atoms with Crippen LogP contribution in [-0.2, 0) is 21.8 Å². The highest BCUT2D eigenvalue weighted by Gasteiger charge is 2.34. The van der Waals surface area contributed by atoms with Gasteiger partial charge >= 0.3 is 0 Å². The van der Waals surface area contributed by atoms with Gasteiger partial charge in [0, 0.05) is 29.8 Å². The molecule has 7 nitrogen and oxygen atoms in total. The Balaban J connectivity index is 1.29. The predicted octanol–water partition coefficient (Wildman–Crippen LogP) is 3.98. The number of amides is 2. The van der Waals surface area contributed by atoms with E-state index in [0.29, 0.717) is 10.9 Å². The first kappa shape index (κ1) is 20.0. The molecule has 1 aromatic carbocycles. The number of aromatic nitrogens is 3. The van der Waals surface area contributed by atoms with E-state index in [-0.39, 0.29) is 24.3 Å². The Morgan fingerprint density at radius 1 is 1.24 bits per heavy atom. The van der Waals surface area contributed by atoms with E-state index >= 15 is 0 Å². The van der Waals surface area contributed by atoms with Gasteiger partial charge in [-0.15, -0.1) is 21.5 Å². The maximum atomic E-state index is 12.2. The van der Waals surface area contributed by atoms with E-state index < -0.39 is 0 Å². The van der Waals surface area contributed by atoms with E-state index in [1.165, 1.54) is 22.7 Å². The second-order valence-electron chi connectivity index (χ2n) is 6.58. The quantitative estimate of drug-likeness (QED) is 0.417. The SMILES string of the molecule is CC(=O)N(c1nnc(SCc2csc(CC(=O)Nc3ccccc3)n2)s1)C1CC1. The van der Waals surface area contributed by atoms with Crippen molar-refractivity contribution in [2.24, 2.45) is 0 Å². The van der Waals surface area contributed by atoms with Gasteiger partial charge in [0.1, 0.15) is 5.01 Å². The molecule has 29 heavy (non-hydrogen) atoms. The topological polar surface area (TPSA) is 88.1 Å². The Bertz CT molecular complexity index is 1000. The Morgan fingerprint density at radius 3 is 2.76 bits per heavy atom. The average Bonchev–Trinajstić information content (AvgIpc) is 3.23. The van der Waals surface area contributed by atoms with Crippen LogP contribution in [-0.4, -0.2) is 33.0 Å². The first-order chi connectivity index (χ1) is 14.1. The minimum Gasteiger partial charge on any atom is -0.326 e. The van der Waals surface area contributed by atoms with Crippen LogP contribution in [0.2, 0.25) is 0 Å². The summed E-state index contributed by atoms with van der Waals surface area (Å²) in [4.78, 5) is 30.3. The molecule has 1 fully saturated rings. The lowest BCUT2D eigenvalue weighted by molar-refractivity contribution is -0.117. The van der Waals surface area contributed by atoms with Crippen LogP contribution in [0.4, 0.5) is 10.8 Å². The van der Waals surface area contributed by atoms with Crippen LogP contribution < -0.4 is 10.2 Å². The second-order valence-corrected chi connectivity index (χ2v) is 9.70. The van der Waals surface area contributed by atoms with Gasteiger partial charge in [-0.1, -0.05) is 41.3 Å². The molecule has 1 saturated carbocycles. The summed E-state index contributed by atoms with van der Waals surface area (Å²) in [6.07, 6.45) is 2.31. The zero-order valence-corrected chi connectivity index (χ0v) is 18.1. The maximum Gasteiger partial charge on any atom is 0.231 e. The molecule has 1 aliphatic carbocycles. The molecule has 0 aliphatic heterocycles. The van der Waals surface area contributed by atoms with Crippen molar-refractivity contribution in [2.75, 3.05) is 10.2 Å². The normalized spacial score (nSPS) is 13.3. The van der Waals surface area contributed by atoms with E-state index in [1.807, 2.05) is 35.7 Å². The van der Waals surface area contributed by atoms with Crippen LogP contribution in [0.1, 0.15) is 30.5 Å². The van der Waals surface area contributed by atoms with E-state index in [0.717, 1.165) is 33.6 Å². The Morgan fingerprint density at radius 2 is 2.03 bits per heavy atom. The van der Waals surface area contributed by atoms with Crippen molar-refractivity contribution in [1.82, 2.24) is 15.2 Å². The largest absolute Gasteiger partial charge is 0.326 e. The highest BCUT2D eigenvalue weighted by atomic mass is 32.2. The van der Waals surface area contributed by atoms with E-state index in [2.05, 4.69) is 20.5 Å². The minimum absolute atomic E-state index is 0.0122. The molecule has 1 aliphatic rings. The van der Waals surface area contributed by atoms with Gasteiger partial charge in [-0.2, -0.15) is 0 Å². The summed E-state index contributed by atoms with van der Waals surface area (Å²) < 4.78 is 0.809. The first-order valence-electron chi connectivity index (χ1n) is 9.13. The molecule has 0 atom stereocenters. The van der Waals surface area contributed by atoms with Crippen LogP contribution in [0.15, 0.2) is 40.1 Å². The molecule has 2 amide bonds. The Hall–Kier alpha value is -2.30. The van der Waals surface area contributed by atoms with Gasteiger partial charge in [0.15, 0.2) is 4.34 Å². The summed E-state index contributed by atoms with van der Waals surface area (Å²) in [6, 6.07) is 9.66. The van der Waals surface area contributed by atoms with Crippen molar-refractivity contribution < 1.29 is 9.59 Å². The predicted molar refractivity (Wildman–Crippen MR) is 117 cm³/mol. The number of nitrogens with one attached hydrogen (secondary N) is 1. The highest BCUT2D eigenvalue weighted by Crippen LogP contribution is 2.36. The number of benzene rings is 1. The smallest absolute Gasteiger partial charge is 0.231 e. The van der Waals surface area contributed by atoms with Gasteiger partial charge in [-0.25, -0.2) is 4.98 Å². The highest BCUT2D eigenvalue weighted by molar-refractivity contribution is 8.00. The number of nitrogens with zero attached hydrogens (tertiary/aromatic N) is 4. The second kappa shape index (κ2) is 9.02. The molecule has 3 aromatic rings. The fourth-order valence-corrected chi connectivity index (χ4v) is 5.48. The van der Waals surface area contributed by atoms with Crippen LogP contribution >= 0.6 is 34.4 Å². The Kier molecular flexibility index (Phi) is 6.22. The molecule has 150 valence electrons. The van der Waals surface area contributed by atoms with Crippen molar-refractivity contribution in [2.45, 2.75) is 42.3 Å². The van der Waals surface area contributed by atoms with Crippen LogP contribution in [0.3, 0.4) is 0 Å². The zero-order valence-electron chi connectivity index (χ0n) is 15.7. The van der Waals surface area contributed by atoms with E-state index in [1.54, 1.807) is 23.6 Å². The third-order valence-corrected chi connectivity index (χ3v) is 7.15. The molecule has 0 spiro atoms. The molecular formula is C19H19N5O2S3. The molecule has 1 N–H and O–H groups in total. The number of hydrogen-bond donors (Lipinski definition) is 1. The lowest BCUT2D eigenvalue weighted by Gasteiger charge is -2.15. The fourth-order valence-electron chi connectivity index (χ4n) is 2.74. The summed E-state index contributed by atoms with van der Waals surface area (Å²) in [5.41, 5.74) is 1.69. The lowest BCUT2D eigenvalue weighted by atomic mass is 10.3. The third-order valence-electron chi connectivity index (χ3n) is 4.17. The van der Waals surface area contributed by atoms with Crippen molar-refractivity contribution in [1.29, 1.82) is 0 Å². The molecular weight excluding hydrogens is 426 g/mol. The van der Waals surface area contributed by atoms with Crippen molar-refractivity contribution >= 4 is 57.1 Å². The zero-order chi connectivity index (χ0) is 20.2. The van der Waals surface area contributed by atoms with Gasteiger partial charge in [0.05, 0.1) is 12.1 Å². The summed E-state index contributed by atoms with van der Waals surface area (Å²) in [6.45, 7) is 1.57. The Labute approximate surface area is 180 Å². The number of para-hydroxylation sites is 1. The molecule has 10 heteroatoms. The van der Waals surface area contributed by atoms with Gasteiger partial charge in [0.25, 0.3) is 0 Å². The maximum absolute atomic E-state index is 12.2. The van der Waals surface area contributed by atoms with E-state index in [9.17, 15) is 9.59 Å². The lowest BCUT2D eigenvalue weighted by Crippen LogP contribution is -2.30. The number of thiazole rings is 1. The van der Waals surface area contributed by atoms with Crippen LogP contribution in [0.25, 0.3) is 0 Å². The summed E-state index contributed by atoms with van der Waals surface area (Å²) in [7, 11) is 0. The number of carbonyl (C=O) groups excluding carboxylic acids is 2. The molecule has 0 unspecified atom stereocenters. The number of carbonyl (C=O) groups is 2. The fraction of sp³-hybridized carbons (Fsp3) is 0.316. The summed E-state index contributed by atoms with van der Waals surface area (Å²) >= 11 is 4.45.